The summed E-state index contributed by atoms with van der Waals surface area (Å²) < 4.78 is 15.8. The lowest BCUT2D eigenvalue weighted by molar-refractivity contribution is 0.502. The third-order valence-corrected chi connectivity index (χ3v) is 3.22. The molecule has 0 spiro atoms. The molecule has 1 aromatic heterocycles. The highest BCUT2D eigenvalue weighted by atomic mass is 79.9. The maximum Gasteiger partial charge on any atom is 0.150 e. The summed E-state index contributed by atoms with van der Waals surface area (Å²) in [6, 6.07) is 4.58. The van der Waals surface area contributed by atoms with Crippen molar-refractivity contribution in [1.29, 1.82) is 0 Å². The van der Waals surface area contributed by atoms with Crippen molar-refractivity contribution < 1.29 is 4.39 Å². The summed E-state index contributed by atoms with van der Waals surface area (Å²) in [7, 11) is 0. The van der Waals surface area contributed by atoms with Crippen molar-refractivity contribution in [2.45, 2.75) is 19.9 Å². The molecule has 0 amide bonds. The van der Waals surface area contributed by atoms with Gasteiger partial charge in [0.15, 0.2) is 0 Å². The van der Waals surface area contributed by atoms with Crippen molar-refractivity contribution in [3.8, 4) is 5.69 Å². The molecule has 2 N–H and O–H groups in total. The van der Waals surface area contributed by atoms with Gasteiger partial charge in [0.1, 0.15) is 17.2 Å². The zero-order valence-electron chi connectivity index (χ0n) is 10.1. The van der Waals surface area contributed by atoms with Crippen molar-refractivity contribution >= 4 is 15.9 Å². The normalized spacial score (nSPS) is 13.0. The van der Waals surface area contributed by atoms with Crippen LogP contribution in [0.1, 0.15) is 25.6 Å². The molecule has 6 heteroatoms. The lowest BCUT2D eigenvalue weighted by Gasteiger charge is -2.11. The minimum Gasteiger partial charge on any atom is -0.322 e. The highest BCUT2D eigenvalue weighted by Crippen LogP contribution is 2.20. The largest absolute Gasteiger partial charge is 0.322 e. The van der Waals surface area contributed by atoms with Crippen LogP contribution in [0.5, 0.6) is 0 Å². The van der Waals surface area contributed by atoms with Crippen LogP contribution >= 0.6 is 15.9 Å². The fraction of sp³-hybridized carbons (Fsp3) is 0.333. The zero-order valence-corrected chi connectivity index (χ0v) is 11.7. The molecular weight excluding hydrogens is 299 g/mol. The number of hydrogen-bond acceptors (Lipinski definition) is 3. The number of rotatable bonds is 3. The maximum atomic E-state index is 13.8. The van der Waals surface area contributed by atoms with Crippen LogP contribution in [0.4, 0.5) is 4.39 Å². The van der Waals surface area contributed by atoms with E-state index in [9.17, 15) is 4.39 Å². The Morgan fingerprint density at radius 2 is 2.11 bits per heavy atom. The standard InChI is InChI=1S/C12H14BrFN4/c1-7(2)12(15)10-6-18(17-16-10)11-4-3-8(13)5-9(11)14/h3-7,12H,15H2,1-2H3. The van der Waals surface area contributed by atoms with Gasteiger partial charge in [-0.1, -0.05) is 35.0 Å². The second-order valence-corrected chi connectivity index (χ2v) is 5.37. The molecule has 1 heterocycles. The monoisotopic (exact) mass is 312 g/mol. The Hall–Kier alpha value is -1.27. The van der Waals surface area contributed by atoms with Crippen LogP contribution in [0.3, 0.4) is 0 Å². The van der Waals surface area contributed by atoms with Gasteiger partial charge in [0.2, 0.25) is 0 Å². The predicted octanol–water partition coefficient (Wildman–Crippen LogP) is 2.82. The highest BCUT2D eigenvalue weighted by Gasteiger charge is 2.15. The van der Waals surface area contributed by atoms with E-state index in [4.69, 9.17) is 5.73 Å². The minimum absolute atomic E-state index is 0.197. The van der Waals surface area contributed by atoms with E-state index in [0.29, 0.717) is 15.9 Å². The zero-order chi connectivity index (χ0) is 13.3. The van der Waals surface area contributed by atoms with Crippen LogP contribution in [-0.4, -0.2) is 15.0 Å². The molecule has 1 unspecified atom stereocenters. The maximum absolute atomic E-state index is 13.8. The Morgan fingerprint density at radius 3 is 2.72 bits per heavy atom. The number of halogens is 2. The molecule has 1 aromatic carbocycles. The summed E-state index contributed by atoms with van der Waals surface area (Å²) in [5, 5.41) is 7.90. The van der Waals surface area contributed by atoms with Gasteiger partial charge in [-0.2, -0.15) is 0 Å². The third kappa shape index (κ3) is 2.59. The number of nitrogens with zero attached hydrogens (tertiary/aromatic N) is 3. The molecule has 1 atom stereocenters. The van der Waals surface area contributed by atoms with E-state index in [-0.39, 0.29) is 17.8 Å². The van der Waals surface area contributed by atoms with Crippen LogP contribution in [0.25, 0.3) is 5.69 Å². The smallest absolute Gasteiger partial charge is 0.150 e. The van der Waals surface area contributed by atoms with Gasteiger partial charge in [-0.3, -0.25) is 0 Å². The Morgan fingerprint density at radius 1 is 1.39 bits per heavy atom. The topological polar surface area (TPSA) is 56.7 Å². The molecule has 0 bridgehead atoms. The first kappa shape index (κ1) is 13.2. The van der Waals surface area contributed by atoms with Crippen molar-refractivity contribution in [2.75, 3.05) is 0 Å². The van der Waals surface area contributed by atoms with E-state index in [2.05, 4.69) is 26.2 Å². The van der Waals surface area contributed by atoms with Gasteiger partial charge in [0.25, 0.3) is 0 Å². The molecule has 0 aliphatic heterocycles. The molecule has 2 aromatic rings. The van der Waals surface area contributed by atoms with E-state index in [1.807, 2.05) is 13.8 Å². The molecule has 18 heavy (non-hydrogen) atoms. The second kappa shape index (κ2) is 5.16. The summed E-state index contributed by atoms with van der Waals surface area (Å²) in [5.41, 5.74) is 6.99. The molecule has 0 fully saturated rings. The van der Waals surface area contributed by atoms with Gasteiger partial charge >= 0.3 is 0 Å². The summed E-state index contributed by atoms with van der Waals surface area (Å²) in [6.45, 7) is 4.01. The van der Waals surface area contributed by atoms with Gasteiger partial charge in [-0.15, -0.1) is 5.10 Å². The predicted molar refractivity (Wildman–Crippen MR) is 70.8 cm³/mol. The fourth-order valence-electron chi connectivity index (χ4n) is 1.56. The first-order valence-corrected chi connectivity index (χ1v) is 6.41. The molecule has 2 rings (SSSR count). The van der Waals surface area contributed by atoms with E-state index in [0.717, 1.165) is 0 Å². The van der Waals surface area contributed by atoms with Crippen LogP contribution in [0, 0.1) is 11.7 Å². The number of nitrogens with two attached hydrogens (primary N) is 1. The molecule has 0 saturated carbocycles. The lowest BCUT2D eigenvalue weighted by atomic mass is 10.0. The Labute approximate surface area is 113 Å². The summed E-state index contributed by atoms with van der Waals surface area (Å²) in [6.07, 6.45) is 1.66. The van der Waals surface area contributed by atoms with E-state index in [1.165, 1.54) is 10.7 Å². The van der Waals surface area contributed by atoms with Crippen molar-refractivity contribution in [2.24, 2.45) is 11.7 Å². The number of benzene rings is 1. The van der Waals surface area contributed by atoms with Gasteiger partial charge in [-0.25, -0.2) is 9.07 Å². The number of hydrogen-bond donors (Lipinski definition) is 1. The Balaban J connectivity index is 2.35. The molecule has 96 valence electrons. The third-order valence-electron chi connectivity index (χ3n) is 2.73. The van der Waals surface area contributed by atoms with Crippen LogP contribution in [0.2, 0.25) is 0 Å². The average Bonchev–Trinajstić information content (AvgIpc) is 2.77. The average molecular weight is 313 g/mol. The molecule has 0 aliphatic carbocycles. The molecule has 0 radical (unpaired) electrons. The fourth-order valence-corrected chi connectivity index (χ4v) is 1.89. The highest BCUT2D eigenvalue weighted by molar-refractivity contribution is 9.10. The molecule has 4 nitrogen and oxygen atoms in total. The van der Waals surface area contributed by atoms with Crippen molar-refractivity contribution in [1.82, 2.24) is 15.0 Å². The van der Waals surface area contributed by atoms with Crippen LogP contribution in [-0.2, 0) is 0 Å². The Kier molecular flexibility index (Phi) is 3.77. The summed E-state index contributed by atoms with van der Waals surface area (Å²) in [5.74, 6) is -0.108. The molecular formula is C12H14BrFN4. The SMILES string of the molecule is CC(C)C(N)c1cn(-c2ccc(Br)cc2F)nn1. The van der Waals surface area contributed by atoms with E-state index < -0.39 is 0 Å². The summed E-state index contributed by atoms with van der Waals surface area (Å²) >= 11 is 3.21. The van der Waals surface area contributed by atoms with Crippen LogP contribution in [0.15, 0.2) is 28.9 Å². The van der Waals surface area contributed by atoms with Crippen LogP contribution < -0.4 is 5.73 Å². The Bertz CT molecular complexity index is 553. The summed E-state index contributed by atoms with van der Waals surface area (Å²) in [4.78, 5) is 0. The lowest BCUT2D eigenvalue weighted by Crippen LogP contribution is -2.17. The molecule has 0 aliphatic rings. The van der Waals surface area contributed by atoms with Crippen molar-refractivity contribution in [3.05, 3.63) is 40.4 Å². The first-order chi connectivity index (χ1) is 8.49. The number of aromatic nitrogens is 3. The van der Waals surface area contributed by atoms with E-state index in [1.54, 1.807) is 18.3 Å². The van der Waals surface area contributed by atoms with Gasteiger partial charge in [-0.05, 0) is 24.1 Å². The second-order valence-electron chi connectivity index (χ2n) is 4.45. The molecule has 0 saturated heterocycles. The van der Waals surface area contributed by atoms with Gasteiger partial charge in [0, 0.05) is 4.47 Å². The van der Waals surface area contributed by atoms with E-state index >= 15 is 0 Å². The minimum atomic E-state index is -0.362. The van der Waals surface area contributed by atoms with Gasteiger partial charge < -0.3 is 5.73 Å². The van der Waals surface area contributed by atoms with Gasteiger partial charge in [0.05, 0.1) is 12.2 Å². The van der Waals surface area contributed by atoms with Crippen molar-refractivity contribution in [3.63, 3.8) is 0 Å². The quantitative estimate of drug-likeness (QED) is 0.948. The first-order valence-electron chi connectivity index (χ1n) is 5.62.